The van der Waals surface area contributed by atoms with E-state index >= 15 is 0 Å². The lowest BCUT2D eigenvalue weighted by Crippen LogP contribution is -2.49. The summed E-state index contributed by atoms with van der Waals surface area (Å²) in [6.45, 7) is 0. The zero-order valence-corrected chi connectivity index (χ0v) is 13.1. The molecule has 0 saturated carbocycles. The molecule has 4 atom stereocenters. The first-order valence-corrected chi connectivity index (χ1v) is 7.62. The van der Waals surface area contributed by atoms with Crippen LogP contribution in [0.3, 0.4) is 0 Å². The Morgan fingerprint density at radius 1 is 0.682 bits per heavy atom. The van der Waals surface area contributed by atoms with Crippen molar-refractivity contribution in [2.45, 2.75) is 24.0 Å². The van der Waals surface area contributed by atoms with Crippen LogP contribution in [0.15, 0.2) is 42.5 Å². The van der Waals surface area contributed by atoms with Crippen LogP contribution in [0.25, 0.3) is 0 Å². The molecular formula is C19H20O3. The maximum absolute atomic E-state index is 5.85. The average Bonchev–Trinajstić information content (AvgIpc) is 2.60. The van der Waals surface area contributed by atoms with E-state index in [0.29, 0.717) is 0 Å². The van der Waals surface area contributed by atoms with E-state index in [1.807, 2.05) is 6.07 Å². The van der Waals surface area contributed by atoms with E-state index in [2.05, 4.69) is 36.4 Å². The Kier molecular flexibility index (Phi) is 3.21. The molecule has 5 rings (SSSR count). The Bertz CT molecular complexity index is 710. The average molecular weight is 296 g/mol. The monoisotopic (exact) mass is 296 g/mol. The first-order chi connectivity index (χ1) is 10.8. The van der Waals surface area contributed by atoms with Gasteiger partial charge in [0.2, 0.25) is 0 Å². The number of methoxy groups -OCH3 is 3. The summed E-state index contributed by atoms with van der Waals surface area (Å²) in [6.07, 6.45) is 0.0790. The van der Waals surface area contributed by atoms with Crippen LogP contribution in [-0.2, 0) is 9.47 Å². The molecule has 3 nitrogen and oxygen atoms in total. The summed E-state index contributed by atoms with van der Waals surface area (Å²) >= 11 is 0. The summed E-state index contributed by atoms with van der Waals surface area (Å²) in [5.74, 6) is 1.31. The van der Waals surface area contributed by atoms with Crippen molar-refractivity contribution >= 4 is 0 Å². The van der Waals surface area contributed by atoms with E-state index in [1.54, 1.807) is 21.3 Å². The first kappa shape index (κ1) is 13.8. The zero-order chi connectivity index (χ0) is 15.3. The van der Waals surface area contributed by atoms with Crippen molar-refractivity contribution in [1.82, 2.24) is 0 Å². The fraction of sp³-hybridized carbons (Fsp3) is 0.368. The molecular weight excluding hydrogens is 276 g/mol. The standard InChI is InChI=1S/C19H20O3/c1-20-11-8-9-14-15(10-11)17-13-7-5-4-6-12(13)16(14)18(21-2)19(17)22-3/h4-10,16-19H,1-3H3/t16-,17+,18+,19-/m1/s1. The highest BCUT2D eigenvalue weighted by Crippen LogP contribution is 2.54. The van der Waals surface area contributed by atoms with Gasteiger partial charge in [-0.3, -0.25) is 0 Å². The van der Waals surface area contributed by atoms with Crippen molar-refractivity contribution in [3.63, 3.8) is 0 Å². The molecule has 0 aromatic heterocycles. The normalized spacial score (nSPS) is 28.1. The lowest BCUT2D eigenvalue weighted by molar-refractivity contribution is -0.0637. The van der Waals surface area contributed by atoms with Gasteiger partial charge in [0, 0.05) is 26.1 Å². The molecule has 0 fully saturated rings. The van der Waals surface area contributed by atoms with Crippen LogP contribution in [0.2, 0.25) is 0 Å². The summed E-state index contributed by atoms with van der Waals surface area (Å²) < 4.78 is 17.1. The SMILES string of the molecule is COc1ccc2c(c1)[C@@H]1c3ccccc3[C@H]2[C@H](OC)[C@@H]1OC. The van der Waals surface area contributed by atoms with Crippen molar-refractivity contribution < 1.29 is 14.2 Å². The predicted octanol–water partition coefficient (Wildman–Crippen LogP) is 3.32. The van der Waals surface area contributed by atoms with Crippen molar-refractivity contribution in [2.24, 2.45) is 0 Å². The highest BCUT2D eigenvalue weighted by Gasteiger charge is 2.50. The van der Waals surface area contributed by atoms with Crippen molar-refractivity contribution in [2.75, 3.05) is 21.3 Å². The number of hydrogen-bond donors (Lipinski definition) is 0. The summed E-state index contributed by atoms with van der Waals surface area (Å²) in [6, 6.07) is 15.0. The van der Waals surface area contributed by atoms with Crippen LogP contribution in [0, 0.1) is 0 Å². The van der Waals surface area contributed by atoms with Gasteiger partial charge in [-0.15, -0.1) is 0 Å². The second kappa shape index (κ2) is 5.11. The molecule has 114 valence electrons. The Morgan fingerprint density at radius 3 is 1.77 bits per heavy atom. The van der Waals surface area contributed by atoms with Crippen molar-refractivity contribution in [3.8, 4) is 5.75 Å². The van der Waals surface area contributed by atoms with E-state index in [0.717, 1.165) is 5.75 Å². The summed E-state index contributed by atoms with van der Waals surface area (Å²) in [5, 5.41) is 0. The largest absolute Gasteiger partial charge is 0.497 e. The molecule has 0 heterocycles. The molecule has 2 aromatic carbocycles. The third-order valence-electron chi connectivity index (χ3n) is 5.16. The number of benzene rings is 2. The maximum Gasteiger partial charge on any atom is 0.119 e. The number of fused-ring (bicyclic) bond motifs is 1. The summed E-state index contributed by atoms with van der Waals surface area (Å²) in [7, 11) is 5.27. The van der Waals surface area contributed by atoms with Crippen molar-refractivity contribution in [3.05, 3.63) is 64.7 Å². The molecule has 3 heteroatoms. The van der Waals surface area contributed by atoms with Gasteiger partial charge in [-0.25, -0.2) is 0 Å². The highest BCUT2D eigenvalue weighted by molar-refractivity contribution is 5.59. The van der Waals surface area contributed by atoms with Gasteiger partial charge in [-0.05, 0) is 34.4 Å². The minimum absolute atomic E-state index is 0.0320. The van der Waals surface area contributed by atoms with E-state index in [4.69, 9.17) is 14.2 Å². The minimum atomic E-state index is 0.0320. The Labute approximate surface area is 130 Å². The van der Waals surface area contributed by atoms with Gasteiger partial charge < -0.3 is 14.2 Å². The molecule has 0 amide bonds. The van der Waals surface area contributed by atoms with Gasteiger partial charge in [-0.1, -0.05) is 30.3 Å². The molecule has 2 aromatic rings. The smallest absolute Gasteiger partial charge is 0.119 e. The van der Waals surface area contributed by atoms with Gasteiger partial charge in [0.1, 0.15) is 5.75 Å². The molecule has 2 bridgehead atoms. The highest BCUT2D eigenvalue weighted by atomic mass is 16.5. The van der Waals surface area contributed by atoms with Crippen LogP contribution >= 0.6 is 0 Å². The van der Waals surface area contributed by atoms with Gasteiger partial charge in [0.05, 0.1) is 19.3 Å². The molecule has 3 aliphatic rings. The van der Waals surface area contributed by atoms with Crippen LogP contribution < -0.4 is 4.74 Å². The first-order valence-electron chi connectivity index (χ1n) is 7.62. The van der Waals surface area contributed by atoms with Gasteiger partial charge >= 0.3 is 0 Å². The molecule has 3 aliphatic carbocycles. The number of hydrogen-bond acceptors (Lipinski definition) is 3. The van der Waals surface area contributed by atoms with E-state index in [1.165, 1.54) is 22.3 Å². The topological polar surface area (TPSA) is 27.7 Å². The summed E-state index contributed by atoms with van der Waals surface area (Å²) in [5.41, 5.74) is 5.37. The Morgan fingerprint density at radius 2 is 1.23 bits per heavy atom. The van der Waals surface area contributed by atoms with Crippen LogP contribution in [0.5, 0.6) is 5.75 Å². The Hall–Kier alpha value is -1.84. The second-order valence-electron chi connectivity index (χ2n) is 5.98. The van der Waals surface area contributed by atoms with Crippen LogP contribution in [0.4, 0.5) is 0 Å². The van der Waals surface area contributed by atoms with E-state index < -0.39 is 0 Å². The quantitative estimate of drug-likeness (QED) is 0.869. The molecule has 22 heavy (non-hydrogen) atoms. The molecule has 0 saturated heterocycles. The van der Waals surface area contributed by atoms with Crippen LogP contribution in [-0.4, -0.2) is 33.5 Å². The Balaban J connectivity index is 1.98. The van der Waals surface area contributed by atoms with E-state index in [9.17, 15) is 0 Å². The minimum Gasteiger partial charge on any atom is -0.497 e. The molecule has 0 spiro atoms. The summed E-state index contributed by atoms with van der Waals surface area (Å²) in [4.78, 5) is 0. The number of rotatable bonds is 3. The third kappa shape index (κ3) is 1.70. The molecule has 0 N–H and O–H groups in total. The number of ether oxygens (including phenoxy) is 3. The fourth-order valence-electron chi connectivity index (χ4n) is 4.27. The third-order valence-corrected chi connectivity index (χ3v) is 5.16. The lowest BCUT2D eigenvalue weighted by atomic mass is 9.61. The van der Waals surface area contributed by atoms with Gasteiger partial charge in [-0.2, -0.15) is 0 Å². The van der Waals surface area contributed by atoms with Crippen molar-refractivity contribution in [1.29, 1.82) is 0 Å². The zero-order valence-electron chi connectivity index (χ0n) is 13.1. The lowest BCUT2D eigenvalue weighted by Gasteiger charge is -2.49. The molecule has 0 unspecified atom stereocenters. The molecule has 0 radical (unpaired) electrons. The second-order valence-corrected chi connectivity index (χ2v) is 5.98. The predicted molar refractivity (Wildman–Crippen MR) is 84.7 cm³/mol. The fourth-order valence-corrected chi connectivity index (χ4v) is 4.27. The van der Waals surface area contributed by atoms with E-state index in [-0.39, 0.29) is 24.0 Å². The van der Waals surface area contributed by atoms with Gasteiger partial charge in [0.15, 0.2) is 0 Å². The van der Waals surface area contributed by atoms with Gasteiger partial charge in [0.25, 0.3) is 0 Å². The molecule has 0 aliphatic heterocycles. The maximum atomic E-state index is 5.85. The van der Waals surface area contributed by atoms with Crippen LogP contribution in [0.1, 0.15) is 34.1 Å².